The average molecular weight is 220 g/mol. The first-order valence-corrected chi connectivity index (χ1v) is 6.35. The lowest BCUT2D eigenvalue weighted by Gasteiger charge is -2.03. The second-order valence-corrected chi connectivity index (χ2v) is 5.51. The topological polar surface area (TPSA) is 47.0 Å². The van der Waals surface area contributed by atoms with Crippen LogP contribution in [-0.4, -0.2) is 19.7 Å². The molecule has 2 aromatic rings. The van der Waals surface area contributed by atoms with E-state index in [9.17, 15) is 8.42 Å². The lowest BCUT2D eigenvalue weighted by atomic mass is 10.1. The van der Waals surface area contributed by atoms with Gasteiger partial charge in [-0.15, -0.1) is 0 Å². The van der Waals surface area contributed by atoms with Crippen LogP contribution in [0.3, 0.4) is 0 Å². The summed E-state index contributed by atoms with van der Waals surface area (Å²) in [6, 6.07) is 6.77. The Morgan fingerprint density at radius 3 is 2.73 bits per heavy atom. The number of aryl methyl sites for hydroxylation is 1. The van der Waals surface area contributed by atoms with Crippen molar-refractivity contribution in [1.82, 2.24) is 4.98 Å². The van der Waals surface area contributed by atoms with Gasteiger partial charge in [0.2, 0.25) is 0 Å². The third-order valence-electron chi connectivity index (χ3n) is 2.30. The van der Waals surface area contributed by atoms with Crippen molar-refractivity contribution in [3.63, 3.8) is 0 Å². The molecule has 0 amide bonds. The molecule has 0 aliphatic rings. The van der Waals surface area contributed by atoms with Crippen molar-refractivity contribution >= 4 is 20.6 Å². The third-order valence-corrected chi connectivity index (χ3v) is 3.41. The molecule has 4 heteroatoms. The summed E-state index contributed by atoms with van der Waals surface area (Å²) < 4.78 is 22.7. The third kappa shape index (κ3) is 1.85. The number of rotatable bonds is 1. The molecule has 1 aromatic carbocycles. The van der Waals surface area contributed by atoms with E-state index in [0.29, 0.717) is 4.90 Å². The van der Waals surface area contributed by atoms with Gasteiger partial charge in [0.25, 0.3) is 0 Å². The Balaban J connectivity index is 2.81. The van der Waals surface area contributed by atoms with Crippen molar-refractivity contribution in [2.45, 2.75) is 11.8 Å². The molecular weight excluding hydrogens is 210 g/mol. The molecule has 2 rings (SSSR count). The number of nitrogens with zero attached hydrogens (tertiary/aromatic N) is 1. The van der Waals surface area contributed by atoms with Crippen molar-refractivity contribution in [3.05, 3.63) is 36.2 Å². The highest BCUT2D eigenvalue weighted by atomic mass is 32.2. The van der Waals surface area contributed by atoms with Gasteiger partial charge in [0.05, 0.1) is 11.1 Å². The fourth-order valence-electron chi connectivity index (χ4n) is 1.46. The normalized spacial score (nSPS) is 11.9. The number of hydrogen-bond acceptors (Lipinski definition) is 3. The van der Waals surface area contributed by atoms with E-state index in [-0.39, 0.29) is 0 Å². The van der Waals surface area contributed by atoms with E-state index in [0.717, 1.165) is 16.5 Å². The molecule has 1 heterocycles. The molecule has 1 aromatic heterocycles. The molecule has 0 N–H and O–H groups in total. The van der Waals surface area contributed by atoms with E-state index in [1.165, 1.54) is 6.26 Å². The molecule has 0 unspecified atom stereocenters. The molecule has 0 saturated carbocycles. The quantitative estimate of drug-likeness (QED) is 0.735. The summed E-state index contributed by atoms with van der Waals surface area (Å²) in [5, 5.41) is 1.81. The van der Waals surface area contributed by atoms with Crippen molar-refractivity contribution in [2.75, 3.05) is 6.26 Å². The van der Waals surface area contributed by atoms with Gasteiger partial charge in [-0.05, 0) is 30.5 Å². The standard InChI is InChI=1S/C11H10NO2S/c1-8-11-7-10(15(2,13)14)4-3-9(11)5-6-12-8/h3-5,7H,1-2H3. The van der Waals surface area contributed by atoms with Gasteiger partial charge in [-0.1, -0.05) is 6.07 Å². The molecule has 0 atom stereocenters. The Hall–Kier alpha value is -1.42. The van der Waals surface area contributed by atoms with Gasteiger partial charge in [0, 0.05) is 17.3 Å². The maximum Gasteiger partial charge on any atom is 0.175 e. The van der Waals surface area contributed by atoms with Crippen molar-refractivity contribution < 1.29 is 8.42 Å². The first kappa shape index (κ1) is 10.1. The Labute approximate surface area is 88.7 Å². The molecule has 0 bridgehead atoms. The predicted molar refractivity (Wildman–Crippen MR) is 58.4 cm³/mol. The smallest absolute Gasteiger partial charge is 0.175 e. The first-order valence-electron chi connectivity index (χ1n) is 4.46. The van der Waals surface area contributed by atoms with Crippen LogP contribution in [0, 0.1) is 13.1 Å². The van der Waals surface area contributed by atoms with Gasteiger partial charge < -0.3 is 0 Å². The highest BCUT2D eigenvalue weighted by Crippen LogP contribution is 2.20. The molecule has 77 valence electrons. The van der Waals surface area contributed by atoms with Crippen LogP contribution >= 0.6 is 0 Å². The molecule has 0 saturated heterocycles. The van der Waals surface area contributed by atoms with Crippen LogP contribution in [0.1, 0.15) is 5.69 Å². The fourth-order valence-corrected chi connectivity index (χ4v) is 2.11. The van der Waals surface area contributed by atoms with Crippen LogP contribution in [0.25, 0.3) is 10.8 Å². The van der Waals surface area contributed by atoms with Crippen LogP contribution < -0.4 is 0 Å². The Kier molecular flexibility index (Phi) is 2.23. The molecule has 0 fully saturated rings. The zero-order valence-electron chi connectivity index (χ0n) is 8.48. The summed E-state index contributed by atoms with van der Waals surface area (Å²) in [6.07, 6.45) is 3.96. The minimum atomic E-state index is -3.15. The van der Waals surface area contributed by atoms with Gasteiger partial charge in [0.1, 0.15) is 0 Å². The number of sulfone groups is 1. The van der Waals surface area contributed by atoms with Gasteiger partial charge in [-0.25, -0.2) is 8.42 Å². The minimum Gasteiger partial charge on any atom is -0.251 e. The zero-order chi connectivity index (χ0) is 11.1. The van der Waals surface area contributed by atoms with Gasteiger partial charge >= 0.3 is 0 Å². The molecule has 1 radical (unpaired) electrons. The summed E-state index contributed by atoms with van der Waals surface area (Å²) in [6.45, 7) is 1.84. The molecule has 0 aliphatic heterocycles. The van der Waals surface area contributed by atoms with E-state index in [1.54, 1.807) is 24.3 Å². The molecular formula is C11H10NO2S. The lowest BCUT2D eigenvalue weighted by molar-refractivity contribution is 0.602. The molecule has 0 aliphatic carbocycles. The maximum atomic E-state index is 11.4. The van der Waals surface area contributed by atoms with Crippen LogP contribution in [-0.2, 0) is 9.84 Å². The summed E-state index contributed by atoms with van der Waals surface area (Å²) in [5.74, 6) is 0. The van der Waals surface area contributed by atoms with Crippen molar-refractivity contribution in [3.8, 4) is 0 Å². The van der Waals surface area contributed by atoms with E-state index < -0.39 is 9.84 Å². The van der Waals surface area contributed by atoms with E-state index in [2.05, 4.69) is 11.2 Å². The molecule has 15 heavy (non-hydrogen) atoms. The molecule has 0 spiro atoms. The Morgan fingerprint density at radius 1 is 1.33 bits per heavy atom. The van der Waals surface area contributed by atoms with Crippen molar-refractivity contribution in [1.29, 1.82) is 0 Å². The number of fused-ring (bicyclic) bond motifs is 1. The largest absolute Gasteiger partial charge is 0.251 e. The van der Waals surface area contributed by atoms with E-state index in [4.69, 9.17) is 0 Å². The second-order valence-electron chi connectivity index (χ2n) is 3.49. The molecule has 3 nitrogen and oxygen atoms in total. The Bertz CT molecular complexity index is 618. The predicted octanol–water partition coefficient (Wildman–Crippen LogP) is 1.75. The number of hydrogen-bond donors (Lipinski definition) is 0. The Morgan fingerprint density at radius 2 is 2.07 bits per heavy atom. The summed E-state index contributed by atoms with van der Waals surface area (Å²) in [5.41, 5.74) is 0.790. The van der Waals surface area contributed by atoms with Gasteiger partial charge in [-0.3, -0.25) is 4.98 Å². The SMILES string of the molecule is Cc1n[c]cc2ccc(S(C)(=O)=O)cc12. The number of benzene rings is 1. The highest BCUT2D eigenvalue weighted by molar-refractivity contribution is 7.90. The number of aromatic nitrogens is 1. The van der Waals surface area contributed by atoms with Crippen LogP contribution in [0.2, 0.25) is 0 Å². The van der Waals surface area contributed by atoms with Crippen LogP contribution in [0.4, 0.5) is 0 Å². The van der Waals surface area contributed by atoms with E-state index >= 15 is 0 Å². The second kappa shape index (κ2) is 3.31. The summed E-state index contributed by atoms with van der Waals surface area (Å²) in [7, 11) is -3.15. The fraction of sp³-hybridized carbons (Fsp3) is 0.182. The lowest BCUT2D eigenvalue weighted by Crippen LogP contribution is -1.97. The van der Waals surface area contributed by atoms with Crippen LogP contribution in [0.5, 0.6) is 0 Å². The number of pyridine rings is 1. The zero-order valence-corrected chi connectivity index (χ0v) is 9.30. The summed E-state index contributed by atoms with van der Waals surface area (Å²) >= 11 is 0. The van der Waals surface area contributed by atoms with Crippen LogP contribution in [0.15, 0.2) is 29.2 Å². The summed E-state index contributed by atoms with van der Waals surface area (Å²) in [4.78, 5) is 4.34. The average Bonchev–Trinajstić information content (AvgIpc) is 2.16. The first-order chi connectivity index (χ1) is 6.98. The minimum absolute atomic E-state index is 0.325. The monoisotopic (exact) mass is 220 g/mol. The van der Waals surface area contributed by atoms with Gasteiger partial charge in [-0.2, -0.15) is 0 Å². The highest BCUT2D eigenvalue weighted by Gasteiger charge is 2.08. The maximum absolute atomic E-state index is 11.4. The van der Waals surface area contributed by atoms with E-state index in [1.807, 2.05) is 6.92 Å². The van der Waals surface area contributed by atoms with Crippen molar-refractivity contribution in [2.24, 2.45) is 0 Å². The van der Waals surface area contributed by atoms with Gasteiger partial charge in [0.15, 0.2) is 9.84 Å².